The molecule has 2 aromatic heterocycles. The van der Waals surface area contributed by atoms with Crippen LogP contribution in [0.15, 0.2) is 34.2 Å². The monoisotopic (exact) mass is 392 g/mol. The largest absolute Gasteiger partial charge is 0.476 e. The number of carbonyl (C=O) groups is 2. The lowest BCUT2D eigenvalue weighted by molar-refractivity contribution is -0.128. The molecule has 0 aromatic carbocycles. The van der Waals surface area contributed by atoms with Crippen LogP contribution in [0.3, 0.4) is 0 Å². The molecule has 0 unspecified atom stereocenters. The quantitative estimate of drug-likeness (QED) is 0.631. The first-order valence-corrected chi connectivity index (χ1v) is 10.2. The predicted molar refractivity (Wildman–Crippen MR) is 100 cm³/mol. The smallest absolute Gasteiger partial charge is 0.355 e. The molecular weight excluding hydrogens is 372 g/mol. The van der Waals surface area contributed by atoms with E-state index >= 15 is 0 Å². The van der Waals surface area contributed by atoms with Crippen molar-refractivity contribution in [1.29, 1.82) is 0 Å². The maximum atomic E-state index is 12.1. The van der Waals surface area contributed by atoms with Gasteiger partial charge in [-0.05, 0) is 24.1 Å². The second kappa shape index (κ2) is 9.11. The van der Waals surface area contributed by atoms with Gasteiger partial charge in [0, 0.05) is 55.6 Å². The standard InChI is InChI=1S/C17H20N4O3S2/c22-15-2-1-13(10-19-9-12-3-5-18-6-4-12)21(15)7-8-25-17-20-14(11-26-17)16(23)24/h3-6,11,13,19H,1-2,7-10H2,(H,23,24)/t13-/m1/s1. The Labute approximate surface area is 159 Å². The normalized spacial score (nSPS) is 17.0. The lowest BCUT2D eigenvalue weighted by Gasteiger charge is -2.25. The molecule has 0 aliphatic carbocycles. The highest BCUT2D eigenvalue weighted by Crippen LogP contribution is 2.24. The molecule has 138 valence electrons. The van der Waals surface area contributed by atoms with Crippen molar-refractivity contribution in [3.63, 3.8) is 0 Å². The zero-order valence-electron chi connectivity index (χ0n) is 14.1. The molecule has 0 bridgehead atoms. The number of hydrogen-bond donors (Lipinski definition) is 2. The maximum absolute atomic E-state index is 12.1. The molecule has 0 radical (unpaired) electrons. The van der Waals surface area contributed by atoms with Crippen LogP contribution in [-0.4, -0.2) is 56.7 Å². The first-order valence-electron chi connectivity index (χ1n) is 8.34. The lowest BCUT2D eigenvalue weighted by atomic mass is 10.2. The molecule has 1 amide bonds. The average Bonchev–Trinajstić information content (AvgIpc) is 3.24. The van der Waals surface area contributed by atoms with Gasteiger partial charge in [0.25, 0.3) is 0 Å². The number of carboxylic acid groups (broad SMARTS) is 1. The van der Waals surface area contributed by atoms with Gasteiger partial charge in [-0.3, -0.25) is 9.78 Å². The molecule has 0 saturated carbocycles. The van der Waals surface area contributed by atoms with Crippen LogP contribution < -0.4 is 5.32 Å². The van der Waals surface area contributed by atoms with Crippen molar-refractivity contribution in [1.82, 2.24) is 20.2 Å². The van der Waals surface area contributed by atoms with Crippen LogP contribution in [0.1, 0.15) is 28.9 Å². The summed E-state index contributed by atoms with van der Waals surface area (Å²) in [7, 11) is 0. The van der Waals surface area contributed by atoms with Crippen molar-refractivity contribution < 1.29 is 14.7 Å². The van der Waals surface area contributed by atoms with Crippen LogP contribution in [0.25, 0.3) is 0 Å². The molecule has 26 heavy (non-hydrogen) atoms. The first-order chi connectivity index (χ1) is 12.6. The van der Waals surface area contributed by atoms with Gasteiger partial charge in [0.2, 0.25) is 5.91 Å². The average molecular weight is 393 g/mol. The minimum absolute atomic E-state index is 0.0768. The molecule has 1 saturated heterocycles. The van der Waals surface area contributed by atoms with Gasteiger partial charge in [-0.25, -0.2) is 9.78 Å². The Morgan fingerprint density at radius 1 is 1.42 bits per heavy atom. The van der Waals surface area contributed by atoms with Gasteiger partial charge >= 0.3 is 5.97 Å². The third-order valence-electron chi connectivity index (χ3n) is 4.17. The van der Waals surface area contributed by atoms with E-state index in [1.165, 1.54) is 34.0 Å². The molecule has 1 aliphatic rings. The molecule has 1 fully saturated rings. The van der Waals surface area contributed by atoms with Gasteiger partial charge < -0.3 is 15.3 Å². The number of aromatic carboxylic acids is 1. The van der Waals surface area contributed by atoms with E-state index in [1.807, 2.05) is 17.0 Å². The van der Waals surface area contributed by atoms with Gasteiger partial charge in [0.05, 0.1) is 0 Å². The summed E-state index contributed by atoms with van der Waals surface area (Å²) in [5.74, 6) is -0.117. The summed E-state index contributed by atoms with van der Waals surface area (Å²) in [5.41, 5.74) is 1.25. The minimum atomic E-state index is -1.01. The van der Waals surface area contributed by atoms with E-state index in [2.05, 4.69) is 15.3 Å². The van der Waals surface area contributed by atoms with Gasteiger partial charge in [-0.15, -0.1) is 11.3 Å². The van der Waals surface area contributed by atoms with Crippen LogP contribution in [0.4, 0.5) is 0 Å². The number of amides is 1. The van der Waals surface area contributed by atoms with E-state index in [-0.39, 0.29) is 17.6 Å². The number of nitrogens with zero attached hydrogens (tertiary/aromatic N) is 3. The fraction of sp³-hybridized carbons (Fsp3) is 0.412. The molecule has 2 N–H and O–H groups in total. The number of nitrogens with one attached hydrogen (secondary N) is 1. The van der Waals surface area contributed by atoms with Gasteiger partial charge in [-0.2, -0.15) is 0 Å². The highest BCUT2D eigenvalue weighted by atomic mass is 32.2. The summed E-state index contributed by atoms with van der Waals surface area (Å²) in [6, 6.07) is 4.15. The second-order valence-corrected chi connectivity index (χ2v) is 8.12. The number of thioether (sulfide) groups is 1. The number of carboxylic acids is 1. The molecule has 1 aliphatic heterocycles. The number of aromatic nitrogens is 2. The number of carbonyl (C=O) groups excluding carboxylic acids is 1. The molecule has 9 heteroatoms. The van der Waals surface area contributed by atoms with Crippen molar-refractivity contribution in [3.05, 3.63) is 41.2 Å². The van der Waals surface area contributed by atoms with Gasteiger partial charge in [0.15, 0.2) is 10.0 Å². The predicted octanol–water partition coefficient (Wildman–Crippen LogP) is 2.11. The topological polar surface area (TPSA) is 95.4 Å². The van der Waals surface area contributed by atoms with Crippen molar-refractivity contribution in [2.24, 2.45) is 0 Å². The van der Waals surface area contributed by atoms with Crippen LogP contribution in [-0.2, 0) is 11.3 Å². The van der Waals surface area contributed by atoms with E-state index < -0.39 is 5.97 Å². The summed E-state index contributed by atoms with van der Waals surface area (Å²) >= 11 is 2.82. The number of thiazole rings is 1. The van der Waals surface area contributed by atoms with Crippen molar-refractivity contribution >= 4 is 35.0 Å². The third-order valence-corrected chi connectivity index (χ3v) is 6.17. The Balaban J connectivity index is 1.44. The van der Waals surface area contributed by atoms with Crippen LogP contribution in [0.2, 0.25) is 0 Å². The summed E-state index contributed by atoms with van der Waals surface area (Å²) in [6.45, 7) is 2.17. The number of likely N-dealkylation sites (tertiary alicyclic amines) is 1. The Kier molecular flexibility index (Phi) is 6.59. The zero-order chi connectivity index (χ0) is 18.4. The first kappa shape index (κ1) is 18.8. The Morgan fingerprint density at radius 3 is 2.96 bits per heavy atom. The summed E-state index contributed by atoms with van der Waals surface area (Å²) < 4.78 is 0.724. The van der Waals surface area contributed by atoms with Crippen molar-refractivity contribution in [3.8, 4) is 0 Å². The van der Waals surface area contributed by atoms with E-state index in [0.29, 0.717) is 18.7 Å². The van der Waals surface area contributed by atoms with Crippen LogP contribution in [0, 0.1) is 0 Å². The molecule has 3 rings (SSSR count). The molecule has 3 heterocycles. The van der Waals surface area contributed by atoms with E-state index in [4.69, 9.17) is 5.11 Å². The van der Waals surface area contributed by atoms with E-state index in [9.17, 15) is 9.59 Å². The fourth-order valence-electron chi connectivity index (χ4n) is 2.85. The Morgan fingerprint density at radius 2 is 2.23 bits per heavy atom. The zero-order valence-corrected chi connectivity index (χ0v) is 15.8. The minimum Gasteiger partial charge on any atom is -0.476 e. The van der Waals surface area contributed by atoms with Gasteiger partial charge in [-0.1, -0.05) is 11.8 Å². The molecular formula is C17H20N4O3S2. The number of rotatable bonds is 9. The fourth-order valence-corrected chi connectivity index (χ4v) is 4.66. The van der Waals surface area contributed by atoms with Gasteiger partial charge in [0.1, 0.15) is 0 Å². The highest BCUT2D eigenvalue weighted by molar-refractivity contribution is 8.01. The molecule has 1 atom stereocenters. The summed E-state index contributed by atoms with van der Waals surface area (Å²) in [6.07, 6.45) is 5.00. The summed E-state index contributed by atoms with van der Waals surface area (Å²) in [5, 5.41) is 13.9. The number of pyridine rings is 1. The molecule has 2 aromatic rings. The maximum Gasteiger partial charge on any atom is 0.355 e. The highest BCUT2D eigenvalue weighted by Gasteiger charge is 2.30. The van der Waals surface area contributed by atoms with Crippen LogP contribution in [0.5, 0.6) is 0 Å². The third kappa shape index (κ3) is 5.03. The van der Waals surface area contributed by atoms with Crippen LogP contribution >= 0.6 is 23.1 Å². The van der Waals surface area contributed by atoms with Crippen molar-refractivity contribution in [2.45, 2.75) is 29.8 Å². The van der Waals surface area contributed by atoms with E-state index in [0.717, 1.165) is 23.8 Å². The molecule has 0 spiro atoms. The number of hydrogen-bond acceptors (Lipinski definition) is 7. The van der Waals surface area contributed by atoms with E-state index in [1.54, 1.807) is 12.4 Å². The Bertz CT molecular complexity index is 753. The van der Waals surface area contributed by atoms with Crippen molar-refractivity contribution in [2.75, 3.05) is 18.8 Å². The second-order valence-electron chi connectivity index (χ2n) is 5.92. The molecule has 7 nitrogen and oxygen atoms in total. The Hall–Kier alpha value is -1.97. The lowest BCUT2D eigenvalue weighted by Crippen LogP contribution is -2.41. The SMILES string of the molecule is O=C(O)c1csc(SCCN2C(=O)CC[C@@H]2CNCc2ccncc2)n1. The summed E-state index contributed by atoms with van der Waals surface area (Å²) in [4.78, 5) is 33.0.